The van der Waals surface area contributed by atoms with Crippen LogP contribution in [0.4, 0.5) is 30.7 Å². The molecule has 2 fully saturated rings. The molecule has 0 heterocycles. The van der Waals surface area contributed by atoms with Crippen molar-refractivity contribution in [2.24, 2.45) is 17.8 Å². The number of hydrogen-bond donors (Lipinski definition) is 0. The predicted octanol–water partition coefficient (Wildman–Crippen LogP) is 12.4. The Balaban J connectivity index is 1.14. The van der Waals surface area contributed by atoms with Gasteiger partial charge in [0.05, 0.1) is 0 Å². The molecule has 3 aromatic carbocycles. The summed E-state index contributed by atoms with van der Waals surface area (Å²) in [6.07, 6.45) is 12.4. The van der Waals surface area contributed by atoms with Crippen LogP contribution in [0.1, 0.15) is 101 Å². The summed E-state index contributed by atoms with van der Waals surface area (Å²) in [6.45, 7) is 2.25. The van der Waals surface area contributed by atoms with Crippen LogP contribution in [-0.4, -0.2) is 6.11 Å². The molecule has 0 atom stereocenters. The van der Waals surface area contributed by atoms with E-state index in [1.54, 1.807) is 6.07 Å². The van der Waals surface area contributed by atoms with E-state index < -0.39 is 40.9 Å². The maximum atomic E-state index is 15.0. The van der Waals surface area contributed by atoms with Gasteiger partial charge < -0.3 is 4.74 Å². The molecule has 46 heavy (non-hydrogen) atoms. The zero-order valence-corrected chi connectivity index (χ0v) is 26.1. The van der Waals surface area contributed by atoms with Gasteiger partial charge in [0.2, 0.25) is 0 Å². The SMILES string of the molecule is CCCCCC1CCC(C2CCC(c3ccc(/C=C/C(F)(F)Oc4ccc(-c5cc(F)c(F)c(F)c5)c(F)c4)c(F)c3)CC2)CC1. The molecule has 0 unspecified atom stereocenters. The van der Waals surface area contributed by atoms with Crippen molar-refractivity contribution < 1.29 is 35.5 Å². The number of rotatable bonds is 11. The Morgan fingerprint density at radius 2 is 1.37 bits per heavy atom. The van der Waals surface area contributed by atoms with Crippen LogP contribution in [0.25, 0.3) is 17.2 Å². The molecule has 8 heteroatoms. The van der Waals surface area contributed by atoms with Crippen LogP contribution in [0.5, 0.6) is 5.75 Å². The second-order valence-corrected chi connectivity index (χ2v) is 13.1. The summed E-state index contributed by atoms with van der Waals surface area (Å²) in [6, 6.07) is 8.51. The summed E-state index contributed by atoms with van der Waals surface area (Å²) >= 11 is 0. The van der Waals surface area contributed by atoms with E-state index in [0.29, 0.717) is 24.3 Å². The summed E-state index contributed by atoms with van der Waals surface area (Å²) in [5, 5.41) is 0. The van der Waals surface area contributed by atoms with Crippen molar-refractivity contribution in [1.29, 1.82) is 0 Å². The second-order valence-electron chi connectivity index (χ2n) is 13.1. The Labute approximate surface area is 266 Å². The number of ether oxygens (including phenoxy) is 1. The van der Waals surface area contributed by atoms with E-state index in [2.05, 4.69) is 11.7 Å². The van der Waals surface area contributed by atoms with E-state index >= 15 is 0 Å². The van der Waals surface area contributed by atoms with E-state index in [4.69, 9.17) is 0 Å². The van der Waals surface area contributed by atoms with Gasteiger partial charge in [0.1, 0.15) is 17.4 Å². The molecule has 0 saturated heterocycles. The van der Waals surface area contributed by atoms with Crippen LogP contribution in [0, 0.1) is 46.8 Å². The van der Waals surface area contributed by atoms with Crippen LogP contribution < -0.4 is 4.74 Å². The highest BCUT2D eigenvalue weighted by molar-refractivity contribution is 5.65. The molecule has 0 radical (unpaired) electrons. The minimum absolute atomic E-state index is 0.0294. The lowest BCUT2D eigenvalue weighted by molar-refractivity contribution is -0.131. The molecule has 1 nitrogen and oxygen atoms in total. The van der Waals surface area contributed by atoms with Gasteiger partial charge in [-0.05, 0) is 110 Å². The number of unbranched alkanes of at least 4 members (excludes halogenated alkanes) is 2. The number of hydrogen-bond acceptors (Lipinski definition) is 1. The van der Waals surface area contributed by atoms with Crippen LogP contribution >= 0.6 is 0 Å². The Bertz CT molecular complexity index is 1480. The van der Waals surface area contributed by atoms with Gasteiger partial charge >= 0.3 is 6.11 Å². The monoisotopic (exact) mass is 646 g/mol. The molecule has 2 aliphatic carbocycles. The summed E-state index contributed by atoms with van der Waals surface area (Å²) in [4.78, 5) is 0. The van der Waals surface area contributed by atoms with Gasteiger partial charge in [0.25, 0.3) is 0 Å². The van der Waals surface area contributed by atoms with E-state index in [1.807, 2.05) is 0 Å². The van der Waals surface area contributed by atoms with Crippen molar-refractivity contribution in [3.63, 3.8) is 0 Å². The van der Waals surface area contributed by atoms with Crippen LogP contribution in [-0.2, 0) is 0 Å². The van der Waals surface area contributed by atoms with Crippen molar-refractivity contribution in [3.05, 3.63) is 94.8 Å². The fourth-order valence-electron chi connectivity index (χ4n) is 7.37. The van der Waals surface area contributed by atoms with E-state index in [0.717, 1.165) is 67.2 Å². The first kappa shape index (κ1) is 34.1. The third kappa shape index (κ3) is 8.54. The molecule has 0 aromatic heterocycles. The maximum Gasteiger partial charge on any atom is 0.419 e. The lowest BCUT2D eigenvalue weighted by Gasteiger charge is -2.38. The largest absolute Gasteiger partial charge is 0.429 e. The zero-order chi connectivity index (χ0) is 32.8. The first-order valence-corrected chi connectivity index (χ1v) is 16.5. The molecule has 0 amide bonds. The molecular weight excluding hydrogens is 605 g/mol. The van der Waals surface area contributed by atoms with Gasteiger partial charge in [-0.3, -0.25) is 0 Å². The van der Waals surface area contributed by atoms with Crippen molar-refractivity contribution in [2.45, 2.75) is 96.0 Å². The number of alkyl halides is 2. The molecule has 3 aromatic rings. The highest BCUT2D eigenvalue weighted by atomic mass is 19.3. The molecule has 0 bridgehead atoms. The van der Waals surface area contributed by atoms with Crippen molar-refractivity contribution >= 4 is 6.08 Å². The van der Waals surface area contributed by atoms with Gasteiger partial charge in [0, 0.05) is 23.3 Å². The summed E-state index contributed by atoms with van der Waals surface area (Å²) in [7, 11) is 0. The molecule has 248 valence electrons. The Morgan fingerprint density at radius 3 is 1.98 bits per heavy atom. The molecule has 0 spiro atoms. The average molecular weight is 647 g/mol. The highest BCUT2D eigenvalue weighted by Gasteiger charge is 2.32. The standard InChI is InChI=1S/C38H41F7O/c1-2-3-4-5-24-6-8-25(9-7-24)26-10-12-27(13-11-26)29-15-14-28(33(39)20-29)18-19-38(44,45)46-31-16-17-32(34(40)23-31)30-21-35(41)37(43)36(42)22-30/h14-27H,2-13H2,1H3/b19-18+. The fourth-order valence-corrected chi connectivity index (χ4v) is 7.37. The van der Waals surface area contributed by atoms with Crippen LogP contribution in [0.2, 0.25) is 0 Å². The van der Waals surface area contributed by atoms with Crippen molar-refractivity contribution in [1.82, 2.24) is 0 Å². The lowest BCUT2D eigenvalue weighted by Crippen LogP contribution is -2.25. The highest BCUT2D eigenvalue weighted by Crippen LogP contribution is 2.45. The van der Waals surface area contributed by atoms with Gasteiger partial charge in [-0.1, -0.05) is 57.6 Å². The van der Waals surface area contributed by atoms with Crippen LogP contribution in [0.3, 0.4) is 0 Å². The summed E-state index contributed by atoms with van der Waals surface area (Å²) in [5.74, 6) is -4.33. The summed E-state index contributed by atoms with van der Waals surface area (Å²) in [5.41, 5.74) is 0.208. The van der Waals surface area contributed by atoms with Crippen LogP contribution in [0.15, 0.2) is 54.6 Å². The van der Waals surface area contributed by atoms with E-state index in [9.17, 15) is 30.7 Å². The quantitative estimate of drug-likeness (QED) is 0.114. The van der Waals surface area contributed by atoms with Crippen molar-refractivity contribution in [2.75, 3.05) is 0 Å². The third-order valence-corrected chi connectivity index (χ3v) is 9.99. The zero-order valence-electron chi connectivity index (χ0n) is 26.1. The van der Waals surface area contributed by atoms with Gasteiger partial charge in [-0.15, -0.1) is 0 Å². The topological polar surface area (TPSA) is 9.23 Å². The van der Waals surface area contributed by atoms with Gasteiger partial charge in [0.15, 0.2) is 17.5 Å². The lowest BCUT2D eigenvalue weighted by atomic mass is 9.68. The minimum atomic E-state index is -3.92. The van der Waals surface area contributed by atoms with E-state index in [1.165, 1.54) is 63.5 Å². The van der Waals surface area contributed by atoms with Gasteiger partial charge in [-0.25, -0.2) is 22.0 Å². The Morgan fingerprint density at radius 1 is 0.717 bits per heavy atom. The van der Waals surface area contributed by atoms with Crippen molar-refractivity contribution in [3.8, 4) is 16.9 Å². The number of halogens is 7. The molecule has 0 N–H and O–H groups in total. The molecular formula is C38H41F7O. The number of benzene rings is 3. The van der Waals surface area contributed by atoms with Gasteiger partial charge in [-0.2, -0.15) is 8.78 Å². The molecule has 5 rings (SSSR count). The first-order valence-electron chi connectivity index (χ1n) is 16.5. The Kier molecular flexibility index (Phi) is 11.2. The fraction of sp³-hybridized carbons (Fsp3) is 0.474. The smallest absolute Gasteiger partial charge is 0.419 e. The average Bonchev–Trinajstić information content (AvgIpc) is 3.03. The van der Waals surface area contributed by atoms with E-state index in [-0.39, 0.29) is 22.6 Å². The maximum absolute atomic E-state index is 15.0. The third-order valence-electron chi connectivity index (χ3n) is 9.99. The predicted molar refractivity (Wildman–Crippen MR) is 167 cm³/mol. The normalized spacial score (nSPS) is 22.3. The Hall–Kier alpha value is -3.29. The molecule has 2 aliphatic rings. The summed E-state index contributed by atoms with van der Waals surface area (Å²) < 4.78 is 104. The molecule has 0 aliphatic heterocycles. The molecule has 2 saturated carbocycles. The minimum Gasteiger partial charge on any atom is -0.429 e. The second kappa shape index (κ2) is 15.1. The first-order chi connectivity index (χ1) is 22.0.